The van der Waals surface area contributed by atoms with Gasteiger partial charge in [0.25, 0.3) is 5.91 Å². The zero-order chi connectivity index (χ0) is 15.4. The van der Waals surface area contributed by atoms with Gasteiger partial charge in [-0.05, 0) is 24.3 Å². The Bertz CT molecular complexity index is 690. The van der Waals surface area contributed by atoms with Gasteiger partial charge in [0, 0.05) is 12.4 Å². The van der Waals surface area contributed by atoms with Gasteiger partial charge in [-0.1, -0.05) is 6.07 Å². The molecule has 1 aliphatic rings. The zero-order valence-corrected chi connectivity index (χ0v) is 11.7. The summed E-state index contributed by atoms with van der Waals surface area (Å²) in [6.45, 7) is 0.124. The van der Waals surface area contributed by atoms with Gasteiger partial charge in [0.05, 0.1) is 12.2 Å². The minimum absolute atomic E-state index is 0.0911. The standard InChI is InChI=1S/C15H14N4O3/c20-13(18-8-11-4-1-2-6-16-11)9-19-14(21)10-22-12-5-3-7-17-15(12)19/h1-7H,8-10H2,(H,18,20). The Morgan fingerprint density at radius 1 is 1.23 bits per heavy atom. The van der Waals surface area contributed by atoms with Gasteiger partial charge in [0.1, 0.15) is 6.54 Å². The third kappa shape index (κ3) is 3.03. The van der Waals surface area contributed by atoms with Gasteiger partial charge in [-0.3, -0.25) is 19.5 Å². The van der Waals surface area contributed by atoms with Crippen LogP contribution in [0.1, 0.15) is 5.69 Å². The molecule has 7 nitrogen and oxygen atoms in total. The summed E-state index contributed by atoms with van der Waals surface area (Å²) in [4.78, 5) is 33.5. The van der Waals surface area contributed by atoms with Crippen LogP contribution in [0.5, 0.6) is 5.75 Å². The predicted octanol–water partition coefficient (Wildman–Crippen LogP) is 0.518. The van der Waals surface area contributed by atoms with Crippen LogP contribution in [0.3, 0.4) is 0 Å². The fraction of sp³-hybridized carbons (Fsp3) is 0.200. The van der Waals surface area contributed by atoms with Crippen LogP contribution in [0.15, 0.2) is 42.7 Å². The molecule has 0 radical (unpaired) electrons. The van der Waals surface area contributed by atoms with Crippen molar-refractivity contribution in [2.75, 3.05) is 18.1 Å². The first kappa shape index (κ1) is 14.0. The SMILES string of the molecule is O=C(CN1C(=O)COc2cccnc21)NCc1ccccn1. The number of hydrogen-bond donors (Lipinski definition) is 1. The molecular formula is C15H14N4O3. The first-order valence-corrected chi connectivity index (χ1v) is 6.79. The third-order valence-electron chi connectivity index (χ3n) is 3.15. The van der Waals surface area contributed by atoms with Crippen molar-refractivity contribution in [3.8, 4) is 5.75 Å². The smallest absolute Gasteiger partial charge is 0.266 e. The molecule has 1 N–H and O–H groups in total. The van der Waals surface area contributed by atoms with Crippen molar-refractivity contribution in [2.45, 2.75) is 6.54 Å². The number of hydrogen-bond acceptors (Lipinski definition) is 5. The van der Waals surface area contributed by atoms with Crippen molar-refractivity contribution in [3.05, 3.63) is 48.4 Å². The fourth-order valence-corrected chi connectivity index (χ4v) is 2.09. The highest BCUT2D eigenvalue weighted by atomic mass is 16.5. The Balaban J connectivity index is 1.65. The van der Waals surface area contributed by atoms with Crippen LogP contribution in [0.25, 0.3) is 0 Å². The molecule has 2 aromatic rings. The molecule has 0 spiro atoms. The Morgan fingerprint density at radius 2 is 2.09 bits per heavy atom. The van der Waals surface area contributed by atoms with Gasteiger partial charge < -0.3 is 10.1 Å². The molecular weight excluding hydrogens is 284 g/mol. The monoisotopic (exact) mass is 298 g/mol. The molecule has 0 saturated carbocycles. The summed E-state index contributed by atoms with van der Waals surface area (Å²) in [5.41, 5.74) is 0.752. The summed E-state index contributed by atoms with van der Waals surface area (Å²) in [5, 5.41) is 2.73. The van der Waals surface area contributed by atoms with E-state index >= 15 is 0 Å². The average Bonchev–Trinajstić information content (AvgIpc) is 2.56. The molecule has 0 atom stereocenters. The largest absolute Gasteiger partial charge is 0.480 e. The lowest BCUT2D eigenvalue weighted by Crippen LogP contribution is -2.45. The third-order valence-corrected chi connectivity index (χ3v) is 3.15. The van der Waals surface area contributed by atoms with Crippen LogP contribution in [0.2, 0.25) is 0 Å². The maximum Gasteiger partial charge on any atom is 0.266 e. The van der Waals surface area contributed by atoms with Crippen molar-refractivity contribution >= 4 is 17.6 Å². The number of pyridine rings is 2. The summed E-state index contributed by atoms with van der Waals surface area (Å²) >= 11 is 0. The van der Waals surface area contributed by atoms with E-state index in [1.165, 1.54) is 4.90 Å². The van der Waals surface area contributed by atoms with Crippen LogP contribution in [0.4, 0.5) is 5.82 Å². The van der Waals surface area contributed by atoms with Crippen molar-refractivity contribution in [1.82, 2.24) is 15.3 Å². The Labute approximate surface area is 126 Å². The van der Waals surface area contributed by atoms with Gasteiger partial charge in [-0.25, -0.2) is 4.98 Å². The normalized spacial score (nSPS) is 13.3. The van der Waals surface area contributed by atoms with Gasteiger partial charge in [-0.15, -0.1) is 0 Å². The van der Waals surface area contributed by atoms with E-state index in [4.69, 9.17) is 4.74 Å². The van der Waals surface area contributed by atoms with Crippen LogP contribution < -0.4 is 15.0 Å². The van der Waals surface area contributed by atoms with E-state index in [1.54, 1.807) is 30.6 Å². The number of carbonyl (C=O) groups is 2. The maximum absolute atomic E-state index is 12.0. The highest BCUT2D eigenvalue weighted by molar-refractivity contribution is 6.01. The number of aromatic nitrogens is 2. The molecule has 0 bridgehead atoms. The molecule has 3 rings (SSSR count). The number of fused-ring (bicyclic) bond motifs is 1. The van der Waals surface area contributed by atoms with E-state index in [0.29, 0.717) is 18.1 Å². The van der Waals surface area contributed by atoms with Crippen LogP contribution in [0, 0.1) is 0 Å². The highest BCUT2D eigenvalue weighted by Crippen LogP contribution is 2.28. The molecule has 0 fully saturated rings. The molecule has 22 heavy (non-hydrogen) atoms. The van der Waals surface area contributed by atoms with Gasteiger partial charge in [0.2, 0.25) is 5.91 Å². The molecule has 0 aliphatic carbocycles. The first-order valence-electron chi connectivity index (χ1n) is 6.79. The molecule has 0 saturated heterocycles. The second kappa shape index (κ2) is 6.21. The quantitative estimate of drug-likeness (QED) is 0.889. The Kier molecular flexibility index (Phi) is 3.95. The van der Waals surface area contributed by atoms with Crippen molar-refractivity contribution in [2.24, 2.45) is 0 Å². The Morgan fingerprint density at radius 3 is 2.91 bits per heavy atom. The molecule has 2 aromatic heterocycles. The molecule has 0 aromatic carbocycles. The Hall–Kier alpha value is -2.96. The van der Waals surface area contributed by atoms with Crippen LogP contribution >= 0.6 is 0 Å². The summed E-state index contributed by atoms with van der Waals surface area (Å²) < 4.78 is 5.28. The van der Waals surface area contributed by atoms with E-state index in [9.17, 15) is 9.59 Å². The number of nitrogens with one attached hydrogen (secondary N) is 1. The maximum atomic E-state index is 12.0. The summed E-state index contributed by atoms with van der Waals surface area (Å²) in [6, 6.07) is 8.90. The number of carbonyl (C=O) groups excluding carboxylic acids is 2. The minimum atomic E-state index is -0.292. The van der Waals surface area contributed by atoms with E-state index in [0.717, 1.165) is 5.69 Å². The second-order valence-corrected chi connectivity index (χ2v) is 4.69. The van der Waals surface area contributed by atoms with E-state index < -0.39 is 0 Å². The minimum Gasteiger partial charge on any atom is -0.480 e. The highest BCUT2D eigenvalue weighted by Gasteiger charge is 2.28. The fourth-order valence-electron chi connectivity index (χ4n) is 2.09. The zero-order valence-electron chi connectivity index (χ0n) is 11.7. The average molecular weight is 298 g/mol. The summed E-state index contributed by atoms with van der Waals surface area (Å²) in [5.74, 6) is 0.294. The lowest BCUT2D eigenvalue weighted by molar-refractivity contribution is -0.125. The molecule has 7 heteroatoms. The molecule has 112 valence electrons. The number of ether oxygens (including phenoxy) is 1. The van der Waals surface area contributed by atoms with Gasteiger partial charge in [0.15, 0.2) is 18.2 Å². The number of nitrogens with zero attached hydrogens (tertiary/aromatic N) is 3. The van der Waals surface area contributed by atoms with Crippen molar-refractivity contribution in [1.29, 1.82) is 0 Å². The van der Waals surface area contributed by atoms with E-state index in [2.05, 4.69) is 15.3 Å². The first-order chi connectivity index (χ1) is 10.7. The lowest BCUT2D eigenvalue weighted by atomic mass is 10.3. The molecule has 2 amide bonds. The van der Waals surface area contributed by atoms with Crippen molar-refractivity contribution < 1.29 is 14.3 Å². The molecule has 1 aliphatic heterocycles. The van der Waals surface area contributed by atoms with Crippen molar-refractivity contribution in [3.63, 3.8) is 0 Å². The van der Waals surface area contributed by atoms with E-state index in [-0.39, 0.29) is 25.0 Å². The summed E-state index contributed by atoms with van der Waals surface area (Å²) in [6.07, 6.45) is 3.22. The van der Waals surface area contributed by atoms with Crippen LogP contribution in [-0.2, 0) is 16.1 Å². The molecule has 3 heterocycles. The molecule has 0 unspecified atom stereocenters. The van der Waals surface area contributed by atoms with Gasteiger partial charge in [-0.2, -0.15) is 0 Å². The second-order valence-electron chi connectivity index (χ2n) is 4.69. The number of rotatable bonds is 4. The predicted molar refractivity (Wildman–Crippen MR) is 78.2 cm³/mol. The van der Waals surface area contributed by atoms with Gasteiger partial charge >= 0.3 is 0 Å². The number of anilines is 1. The summed E-state index contributed by atoms with van der Waals surface area (Å²) in [7, 11) is 0. The van der Waals surface area contributed by atoms with Crippen LogP contribution in [-0.4, -0.2) is 34.9 Å². The lowest BCUT2D eigenvalue weighted by Gasteiger charge is -2.27. The van der Waals surface area contributed by atoms with E-state index in [1.807, 2.05) is 12.1 Å². The number of amides is 2. The topological polar surface area (TPSA) is 84.4 Å².